The molecule has 20 heavy (non-hydrogen) atoms. The fourth-order valence-corrected chi connectivity index (χ4v) is 3.93. The maximum Gasteiger partial charge on any atom is 0.333 e. The predicted molar refractivity (Wildman–Crippen MR) is 66.7 cm³/mol. The van der Waals surface area contributed by atoms with Crippen LogP contribution in [0.3, 0.4) is 0 Å². The summed E-state index contributed by atoms with van der Waals surface area (Å²) in [5.74, 6) is -2.97. The first-order valence-electron chi connectivity index (χ1n) is 6.67. The van der Waals surface area contributed by atoms with Crippen LogP contribution in [0.2, 0.25) is 0 Å². The minimum absolute atomic E-state index is 0.0386. The summed E-state index contributed by atoms with van der Waals surface area (Å²) in [7, 11) is 4.20. The number of fused-ring (bicyclic) bond motifs is 1. The van der Waals surface area contributed by atoms with Crippen LogP contribution in [-0.4, -0.2) is 51.6 Å². The summed E-state index contributed by atoms with van der Waals surface area (Å²) in [6.07, 6.45) is 2.27. The summed E-state index contributed by atoms with van der Waals surface area (Å²) < 4.78 is 21.4. The summed E-state index contributed by atoms with van der Waals surface area (Å²) in [5.41, 5.74) is 0.465. The monoisotopic (exact) mass is 282 g/mol. The molecule has 4 atom stereocenters. The highest BCUT2D eigenvalue weighted by molar-refractivity contribution is 6.00. The number of methoxy groups -OCH3 is 3. The molecule has 0 spiro atoms. The summed E-state index contributed by atoms with van der Waals surface area (Å²) in [5, 5.41) is 0. The van der Waals surface area contributed by atoms with Crippen LogP contribution in [0.15, 0.2) is 11.6 Å². The van der Waals surface area contributed by atoms with Crippen molar-refractivity contribution < 1.29 is 28.5 Å². The molecule has 3 aliphatic carbocycles. The Morgan fingerprint density at radius 2 is 2.05 bits per heavy atom. The number of carbonyl (C=O) groups excluding carboxylic acids is 2. The van der Waals surface area contributed by atoms with Gasteiger partial charge in [-0.3, -0.25) is 4.79 Å². The summed E-state index contributed by atoms with van der Waals surface area (Å²) in [4.78, 5) is 24.7. The quantitative estimate of drug-likeness (QED) is 0.548. The van der Waals surface area contributed by atoms with Crippen molar-refractivity contribution in [2.45, 2.75) is 18.3 Å². The molecule has 0 radical (unpaired) electrons. The van der Waals surface area contributed by atoms with E-state index in [9.17, 15) is 9.59 Å². The van der Waals surface area contributed by atoms with Crippen LogP contribution in [0.25, 0.3) is 0 Å². The van der Waals surface area contributed by atoms with Crippen molar-refractivity contribution >= 4 is 11.8 Å². The summed E-state index contributed by atoms with van der Waals surface area (Å²) in [6.45, 7) is 0.585. The van der Waals surface area contributed by atoms with E-state index in [4.69, 9.17) is 18.9 Å². The Morgan fingerprint density at radius 1 is 1.35 bits per heavy atom. The number of esters is 1. The lowest BCUT2D eigenvalue weighted by molar-refractivity contribution is -0.253. The molecule has 1 aliphatic heterocycles. The zero-order chi connectivity index (χ0) is 14.5. The van der Waals surface area contributed by atoms with E-state index in [1.807, 2.05) is 0 Å². The van der Waals surface area contributed by atoms with Crippen LogP contribution in [-0.2, 0) is 28.5 Å². The highest BCUT2D eigenvalue weighted by Crippen LogP contribution is 2.54. The van der Waals surface area contributed by atoms with E-state index >= 15 is 0 Å². The second-order valence-electron chi connectivity index (χ2n) is 5.34. The molecule has 2 fully saturated rings. The smallest absolute Gasteiger partial charge is 0.333 e. The average molecular weight is 282 g/mol. The Kier molecular flexibility index (Phi) is 3.19. The molecule has 4 rings (SSSR count). The van der Waals surface area contributed by atoms with E-state index in [1.165, 1.54) is 21.3 Å². The molecule has 2 bridgehead atoms. The molecule has 1 heterocycles. The molecular formula is C14H18O6. The van der Waals surface area contributed by atoms with Gasteiger partial charge in [0, 0.05) is 32.3 Å². The van der Waals surface area contributed by atoms with Crippen molar-refractivity contribution in [3.05, 3.63) is 11.6 Å². The number of ether oxygens (including phenoxy) is 4. The average Bonchev–Trinajstić information content (AvgIpc) is 2.97. The molecule has 4 aliphatic rings. The van der Waals surface area contributed by atoms with Gasteiger partial charge in [-0.15, -0.1) is 0 Å². The van der Waals surface area contributed by atoms with E-state index in [0.29, 0.717) is 12.2 Å². The first kappa shape index (κ1) is 13.7. The lowest BCUT2D eigenvalue weighted by Gasteiger charge is -2.51. The van der Waals surface area contributed by atoms with E-state index in [0.717, 1.165) is 6.42 Å². The highest BCUT2D eigenvalue weighted by atomic mass is 16.7. The zero-order valence-electron chi connectivity index (χ0n) is 11.8. The molecule has 0 N–H and O–H groups in total. The van der Waals surface area contributed by atoms with Crippen molar-refractivity contribution in [2.24, 2.45) is 17.8 Å². The highest BCUT2D eigenvalue weighted by Gasteiger charge is 2.66. The van der Waals surface area contributed by atoms with Gasteiger partial charge in [-0.05, 0) is 6.42 Å². The Labute approximate surface area is 117 Å². The summed E-state index contributed by atoms with van der Waals surface area (Å²) >= 11 is 0. The number of rotatable bonds is 3. The lowest BCUT2D eigenvalue weighted by atomic mass is 9.59. The molecular weight excluding hydrogens is 264 g/mol. The first-order chi connectivity index (χ1) is 9.60. The molecule has 0 amide bonds. The zero-order valence-corrected chi connectivity index (χ0v) is 11.8. The van der Waals surface area contributed by atoms with Crippen molar-refractivity contribution in [1.82, 2.24) is 0 Å². The Balaban J connectivity index is 2.13. The number of hydrogen-bond donors (Lipinski definition) is 0. The van der Waals surface area contributed by atoms with Crippen LogP contribution >= 0.6 is 0 Å². The summed E-state index contributed by atoms with van der Waals surface area (Å²) in [6, 6.07) is 0. The number of ketones is 1. The second kappa shape index (κ2) is 4.65. The minimum Gasteiger partial charge on any atom is -0.466 e. The van der Waals surface area contributed by atoms with Gasteiger partial charge < -0.3 is 18.9 Å². The predicted octanol–water partition coefficient (Wildman–Crippen LogP) is 0.309. The van der Waals surface area contributed by atoms with E-state index < -0.39 is 23.6 Å². The van der Waals surface area contributed by atoms with Crippen LogP contribution in [0.1, 0.15) is 6.42 Å². The second-order valence-corrected chi connectivity index (χ2v) is 5.34. The Hall–Kier alpha value is -1.24. The molecule has 110 valence electrons. The first-order valence-corrected chi connectivity index (χ1v) is 6.67. The van der Waals surface area contributed by atoms with Crippen LogP contribution in [0.5, 0.6) is 0 Å². The van der Waals surface area contributed by atoms with Gasteiger partial charge in [-0.25, -0.2) is 4.79 Å². The topological polar surface area (TPSA) is 71.1 Å². The fraction of sp³-hybridized carbons (Fsp3) is 0.714. The lowest BCUT2D eigenvalue weighted by Crippen LogP contribution is -2.65. The molecule has 0 aromatic heterocycles. The van der Waals surface area contributed by atoms with Gasteiger partial charge >= 0.3 is 5.97 Å². The van der Waals surface area contributed by atoms with Crippen molar-refractivity contribution in [2.75, 3.05) is 27.9 Å². The van der Waals surface area contributed by atoms with Gasteiger partial charge in [0.2, 0.25) is 11.6 Å². The van der Waals surface area contributed by atoms with E-state index in [-0.39, 0.29) is 17.8 Å². The van der Waals surface area contributed by atoms with Crippen molar-refractivity contribution in [3.63, 3.8) is 0 Å². The number of carbonyl (C=O) groups is 2. The normalized spacial score (nSPS) is 37.5. The van der Waals surface area contributed by atoms with E-state index in [1.54, 1.807) is 6.08 Å². The van der Waals surface area contributed by atoms with Gasteiger partial charge in [0.05, 0.1) is 25.0 Å². The third-order valence-electron chi connectivity index (χ3n) is 4.74. The molecule has 6 nitrogen and oxygen atoms in total. The molecule has 1 saturated carbocycles. The minimum atomic E-state index is -1.40. The number of hydrogen-bond acceptors (Lipinski definition) is 6. The SMILES string of the molecule is COC(=O)C1=C[C@@H]2C(=O)C(OC)(OC)[C@H]1[C@@H]1CCO[C@@H]12. The van der Waals surface area contributed by atoms with Crippen molar-refractivity contribution in [1.29, 1.82) is 0 Å². The molecule has 0 aromatic rings. The van der Waals surface area contributed by atoms with Gasteiger partial charge in [0.1, 0.15) is 0 Å². The third-order valence-corrected chi connectivity index (χ3v) is 4.74. The maximum absolute atomic E-state index is 12.6. The fourth-order valence-electron chi connectivity index (χ4n) is 3.93. The van der Waals surface area contributed by atoms with E-state index in [2.05, 4.69) is 0 Å². The third kappa shape index (κ3) is 1.50. The molecule has 0 aromatic carbocycles. The van der Waals surface area contributed by atoms with Gasteiger partial charge in [0.15, 0.2) is 0 Å². The van der Waals surface area contributed by atoms with Gasteiger partial charge in [-0.1, -0.05) is 6.08 Å². The Bertz CT molecular complexity index is 478. The standard InChI is InChI=1S/C14H18O6/c1-17-13(16)8-6-9-11-7(4-5-20-11)10(8)14(18-2,19-3)12(9)15/h6-7,9-11H,4-5H2,1-3H3/t7-,9-,10-,11-/m0/s1. The maximum atomic E-state index is 12.6. The molecule has 1 saturated heterocycles. The van der Waals surface area contributed by atoms with Crippen LogP contribution < -0.4 is 0 Å². The number of Topliss-reactive ketones (excluding diaryl/α,β-unsaturated/α-hetero) is 1. The molecule has 6 heteroatoms. The molecule has 0 unspecified atom stereocenters. The van der Waals surface area contributed by atoms with Crippen LogP contribution in [0.4, 0.5) is 0 Å². The van der Waals surface area contributed by atoms with Gasteiger partial charge in [0.25, 0.3) is 0 Å². The van der Waals surface area contributed by atoms with Crippen molar-refractivity contribution in [3.8, 4) is 0 Å². The van der Waals surface area contributed by atoms with Gasteiger partial charge in [-0.2, -0.15) is 0 Å². The Morgan fingerprint density at radius 3 is 2.65 bits per heavy atom. The van der Waals surface area contributed by atoms with Crippen LogP contribution in [0, 0.1) is 17.8 Å². The largest absolute Gasteiger partial charge is 0.466 e.